The molecule has 0 spiro atoms. The van der Waals surface area contributed by atoms with Crippen molar-refractivity contribution in [1.29, 1.82) is 0 Å². The number of esters is 1. The van der Waals surface area contributed by atoms with Crippen LogP contribution in [0.25, 0.3) is 11.3 Å². The van der Waals surface area contributed by atoms with Gasteiger partial charge < -0.3 is 19.3 Å². The number of nitro benzene ring substituents is 1. The van der Waals surface area contributed by atoms with Gasteiger partial charge in [0.15, 0.2) is 0 Å². The standard InChI is InChI=1S/C22H21N3O7/c1-3-31-21(26)13-18(15-5-4-6-16(11-15)25(28)29)23-22(27)20-12-19(24-32-20)14-7-9-17(30-2)10-8-14/h4-12,18H,3,13H2,1-2H3,(H,23,27)/t18-/m1/s1. The summed E-state index contributed by atoms with van der Waals surface area (Å²) in [5.41, 5.74) is 1.38. The van der Waals surface area contributed by atoms with Crippen LogP contribution in [0, 0.1) is 10.1 Å². The van der Waals surface area contributed by atoms with Gasteiger partial charge in [-0.3, -0.25) is 19.7 Å². The van der Waals surface area contributed by atoms with Gasteiger partial charge in [-0.25, -0.2) is 0 Å². The molecule has 1 N–H and O–H groups in total. The number of aromatic nitrogens is 1. The van der Waals surface area contributed by atoms with Gasteiger partial charge in [-0.15, -0.1) is 0 Å². The van der Waals surface area contributed by atoms with Gasteiger partial charge in [0.2, 0.25) is 5.76 Å². The summed E-state index contributed by atoms with van der Waals surface area (Å²) in [5.74, 6) is -0.581. The predicted molar refractivity (Wildman–Crippen MR) is 113 cm³/mol. The Bertz CT molecular complexity index is 1110. The van der Waals surface area contributed by atoms with Crippen LogP contribution in [0.5, 0.6) is 5.75 Å². The monoisotopic (exact) mass is 439 g/mol. The molecular formula is C22H21N3O7. The molecule has 2 aromatic carbocycles. The first kappa shape index (κ1) is 22.5. The molecule has 0 aliphatic heterocycles. The molecule has 0 aliphatic rings. The Hall–Kier alpha value is -4.21. The van der Waals surface area contributed by atoms with Crippen molar-refractivity contribution in [1.82, 2.24) is 10.5 Å². The van der Waals surface area contributed by atoms with E-state index in [0.717, 1.165) is 5.56 Å². The number of nitro groups is 1. The first-order valence-electron chi connectivity index (χ1n) is 9.73. The molecule has 0 fully saturated rings. The number of hydrogen-bond donors (Lipinski definition) is 1. The van der Waals surface area contributed by atoms with Gasteiger partial charge in [-0.05, 0) is 36.8 Å². The number of ether oxygens (including phenoxy) is 2. The number of methoxy groups -OCH3 is 1. The van der Waals surface area contributed by atoms with E-state index < -0.39 is 22.8 Å². The second-order valence-corrected chi connectivity index (χ2v) is 6.69. The number of carbonyl (C=O) groups is 2. The highest BCUT2D eigenvalue weighted by Crippen LogP contribution is 2.25. The molecule has 1 amide bonds. The highest BCUT2D eigenvalue weighted by molar-refractivity contribution is 5.93. The molecule has 32 heavy (non-hydrogen) atoms. The van der Waals surface area contributed by atoms with Gasteiger partial charge in [0.05, 0.1) is 31.1 Å². The molecule has 1 aromatic heterocycles. The highest BCUT2D eigenvalue weighted by Gasteiger charge is 2.24. The Morgan fingerprint density at radius 3 is 2.59 bits per heavy atom. The van der Waals surface area contributed by atoms with E-state index in [4.69, 9.17) is 14.0 Å². The maximum atomic E-state index is 12.8. The van der Waals surface area contributed by atoms with Crippen molar-refractivity contribution in [3.63, 3.8) is 0 Å². The summed E-state index contributed by atoms with van der Waals surface area (Å²) in [6, 6.07) is 13.3. The first-order chi connectivity index (χ1) is 15.4. The average Bonchev–Trinajstić information content (AvgIpc) is 3.29. The first-order valence-corrected chi connectivity index (χ1v) is 9.73. The second-order valence-electron chi connectivity index (χ2n) is 6.69. The molecule has 0 aliphatic carbocycles. The largest absolute Gasteiger partial charge is 0.497 e. The van der Waals surface area contributed by atoms with E-state index in [-0.39, 0.29) is 24.5 Å². The molecule has 10 nitrogen and oxygen atoms in total. The zero-order chi connectivity index (χ0) is 23.1. The topological polar surface area (TPSA) is 134 Å². The minimum atomic E-state index is -0.865. The number of hydrogen-bond acceptors (Lipinski definition) is 8. The van der Waals surface area contributed by atoms with Crippen molar-refractivity contribution in [2.75, 3.05) is 13.7 Å². The molecule has 0 unspecified atom stereocenters. The Morgan fingerprint density at radius 2 is 1.94 bits per heavy atom. The van der Waals surface area contributed by atoms with Crippen LogP contribution in [-0.4, -0.2) is 35.7 Å². The molecule has 0 bridgehead atoms. The van der Waals surface area contributed by atoms with E-state index in [1.165, 1.54) is 24.3 Å². The third kappa shape index (κ3) is 5.48. The van der Waals surface area contributed by atoms with E-state index in [1.54, 1.807) is 44.4 Å². The number of nitrogens with zero attached hydrogens (tertiary/aromatic N) is 2. The summed E-state index contributed by atoms with van der Waals surface area (Å²) in [5, 5.41) is 17.7. The quantitative estimate of drug-likeness (QED) is 0.303. The predicted octanol–water partition coefficient (Wildman–Crippen LogP) is 3.68. The number of benzene rings is 2. The van der Waals surface area contributed by atoms with Gasteiger partial charge in [0.1, 0.15) is 11.4 Å². The third-order valence-corrected chi connectivity index (χ3v) is 4.58. The van der Waals surface area contributed by atoms with Gasteiger partial charge in [0, 0.05) is 23.8 Å². The van der Waals surface area contributed by atoms with Crippen molar-refractivity contribution >= 4 is 17.6 Å². The molecule has 10 heteroatoms. The van der Waals surface area contributed by atoms with Gasteiger partial charge >= 0.3 is 5.97 Å². The number of nitrogens with one attached hydrogen (secondary N) is 1. The lowest BCUT2D eigenvalue weighted by molar-refractivity contribution is -0.384. The van der Waals surface area contributed by atoms with Gasteiger partial charge in [-0.2, -0.15) is 0 Å². The van der Waals surface area contributed by atoms with Crippen molar-refractivity contribution in [3.8, 4) is 17.0 Å². The lowest BCUT2D eigenvalue weighted by Crippen LogP contribution is -2.30. The summed E-state index contributed by atoms with van der Waals surface area (Å²) < 4.78 is 15.3. The lowest BCUT2D eigenvalue weighted by atomic mass is 10.0. The smallest absolute Gasteiger partial charge is 0.308 e. The van der Waals surface area contributed by atoms with E-state index in [2.05, 4.69) is 10.5 Å². The van der Waals surface area contributed by atoms with Crippen LogP contribution >= 0.6 is 0 Å². The Morgan fingerprint density at radius 1 is 1.19 bits per heavy atom. The van der Waals surface area contributed by atoms with Crippen LogP contribution in [0.3, 0.4) is 0 Å². The number of rotatable bonds is 9. The van der Waals surface area contributed by atoms with Crippen molar-refractivity contribution < 1.29 is 28.5 Å². The molecule has 1 atom stereocenters. The minimum absolute atomic E-state index is 0.0740. The lowest BCUT2D eigenvalue weighted by Gasteiger charge is -2.17. The van der Waals surface area contributed by atoms with Crippen LogP contribution in [0.2, 0.25) is 0 Å². The van der Waals surface area contributed by atoms with Crippen LogP contribution in [0.1, 0.15) is 35.5 Å². The summed E-state index contributed by atoms with van der Waals surface area (Å²) in [4.78, 5) is 35.4. The fraction of sp³-hybridized carbons (Fsp3) is 0.227. The molecule has 0 radical (unpaired) electrons. The molecule has 1 heterocycles. The summed E-state index contributed by atoms with van der Waals surface area (Å²) in [6.07, 6.45) is -0.208. The van der Waals surface area contributed by atoms with Crippen LogP contribution in [-0.2, 0) is 9.53 Å². The van der Waals surface area contributed by atoms with Gasteiger partial charge in [0.25, 0.3) is 11.6 Å². The molecular weight excluding hydrogens is 418 g/mol. The van der Waals surface area contributed by atoms with Crippen molar-refractivity contribution in [3.05, 3.63) is 76.0 Å². The van der Waals surface area contributed by atoms with E-state index in [9.17, 15) is 19.7 Å². The highest BCUT2D eigenvalue weighted by atomic mass is 16.6. The maximum absolute atomic E-state index is 12.8. The fourth-order valence-electron chi connectivity index (χ4n) is 3.00. The molecule has 3 aromatic rings. The van der Waals surface area contributed by atoms with E-state index in [1.807, 2.05) is 0 Å². The summed E-state index contributed by atoms with van der Waals surface area (Å²) >= 11 is 0. The van der Waals surface area contributed by atoms with Gasteiger partial charge in [-0.1, -0.05) is 17.3 Å². The molecule has 0 saturated heterocycles. The minimum Gasteiger partial charge on any atom is -0.497 e. The fourth-order valence-corrected chi connectivity index (χ4v) is 3.00. The summed E-state index contributed by atoms with van der Waals surface area (Å²) in [6.45, 7) is 1.83. The molecule has 3 rings (SSSR count). The zero-order valence-electron chi connectivity index (χ0n) is 17.4. The van der Waals surface area contributed by atoms with Crippen LogP contribution in [0.4, 0.5) is 5.69 Å². The normalized spacial score (nSPS) is 11.4. The summed E-state index contributed by atoms with van der Waals surface area (Å²) in [7, 11) is 1.56. The third-order valence-electron chi connectivity index (χ3n) is 4.58. The molecule has 0 saturated carbocycles. The number of non-ortho nitro benzene ring substituents is 1. The Labute approximate surface area is 183 Å². The second kappa shape index (κ2) is 10.2. The van der Waals surface area contributed by atoms with Crippen LogP contribution in [0.15, 0.2) is 59.1 Å². The van der Waals surface area contributed by atoms with E-state index >= 15 is 0 Å². The Balaban J connectivity index is 1.81. The Kier molecular flexibility index (Phi) is 7.17. The number of carbonyl (C=O) groups excluding carboxylic acids is 2. The molecule has 166 valence electrons. The average molecular weight is 439 g/mol. The van der Waals surface area contributed by atoms with Crippen molar-refractivity contribution in [2.24, 2.45) is 0 Å². The zero-order valence-corrected chi connectivity index (χ0v) is 17.4. The van der Waals surface area contributed by atoms with E-state index in [0.29, 0.717) is 17.0 Å². The SMILES string of the molecule is CCOC(=O)C[C@@H](NC(=O)c1cc(-c2ccc(OC)cc2)no1)c1cccc([N+](=O)[O-])c1. The number of amides is 1. The maximum Gasteiger partial charge on any atom is 0.308 e. The van der Waals surface area contributed by atoms with Crippen LogP contribution < -0.4 is 10.1 Å². The van der Waals surface area contributed by atoms with Crippen molar-refractivity contribution in [2.45, 2.75) is 19.4 Å².